The Morgan fingerprint density at radius 1 is 1.00 bits per heavy atom. The summed E-state index contributed by atoms with van der Waals surface area (Å²) in [6.45, 7) is 4.26. The van der Waals surface area contributed by atoms with E-state index in [0.717, 1.165) is 10.2 Å². The molecule has 0 bridgehead atoms. The first-order valence-electron chi connectivity index (χ1n) is 6.64. The van der Waals surface area contributed by atoms with Crippen molar-refractivity contribution >= 4 is 15.9 Å². The van der Waals surface area contributed by atoms with Gasteiger partial charge in [0.15, 0.2) is 0 Å². The van der Waals surface area contributed by atoms with Crippen molar-refractivity contribution < 1.29 is 4.74 Å². The average molecular weight is 334 g/mol. The number of methoxy groups -OCH3 is 1. The highest BCUT2D eigenvalue weighted by molar-refractivity contribution is 9.10. The zero-order chi connectivity index (χ0) is 14.7. The van der Waals surface area contributed by atoms with Gasteiger partial charge in [0.25, 0.3) is 0 Å². The molecule has 2 rings (SSSR count). The van der Waals surface area contributed by atoms with E-state index in [-0.39, 0.29) is 6.04 Å². The van der Waals surface area contributed by atoms with Crippen LogP contribution in [0.2, 0.25) is 0 Å². The van der Waals surface area contributed by atoms with E-state index in [9.17, 15) is 0 Å². The summed E-state index contributed by atoms with van der Waals surface area (Å²) in [7, 11) is 3.69. The van der Waals surface area contributed by atoms with Gasteiger partial charge in [-0.1, -0.05) is 28.1 Å². The molecule has 0 aliphatic rings. The number of halogens is 1. The van der Waals surface area contributed by atoms with Crippen LogP contribution in [-0.4, -0.2) is 14.2 Å². The number of ether oxygens (including phenoxy) is 1. The minimum Gasteiger partial charge on any atom is -0.497 e. The molecular formula is C17H20BrNO. The molecule has 106 valence electrons. The minimum absolute atomic E-state index is 0.189. The molecular weight excluding hydrogens is 314 g/mol. The van der Waals surface area contributed by atoms with Crippen molar-refractivity contribution in [2.45, 2.75) is 19.9 Å². The summed E-state index contributed by atoms with van der Waals surface area (Å²) < 4.78 is 6.39. The second kappa shape index (κ2) is 6.42. The van der Waals surface area contributed by atoms with Gasteiger partial charge < -0.3 is 10.1 Å². The average Bonchev–Trinajstić information content (AvgIpc) is 2.43. The van der Waals surface area contributed by atoms with Crippen molar-refractivity contribution in [2.75, 3.05) is 14.2 Å². The Morgan fingerprint density at radius 3 is 2.10 bits per heavy atom. The van der Waals surface area contributed by atoms with Crippen LogP contribution < -0.4 is 10.1 Å². The van der Waals surface area contributed by atoms with Gasteiger partial charge in [-0.2, -0.15) is 0 Å². The molecule has 2 aromatic carbocycles. The number of nitrogens with one attached hydrogen (secondary N) is 1. The van der Waals surface area contributed by atoms with Crippen molar-refractivity contribution in [1.29, 1.82) is 0 Å². The fraction of sp³-hybridized carbons (Fsp3) is 0.294. The van der Waals surface area contributed by atoms with Crippen molar-refractivity contribution in [3.8, 4) is 5.75 Å². The molecule has 0 aromatic heterocycles. The van der Waals surface area contributed by atoms with Gasteiger partial charge in [-0.3, -0.25) is 0 Å². The van der Waals surface area contributed by atoms with Gasteiger partial charge in [0.2, 0.25) is 0 Å². The van der Waals surface area contributed by atoms with E-state index < -0.39 is 0 Å². The van der Waals surface area contributed by atoms with Crippen LogP contribution in [0.3, 0.4) is 0 Å². The van der Waals surface area contributed by atoms with Crippen molar-refractivity contribution in [3.05, 3.63) is 63.1 Å². The molecule has 0 heterocycles. The summed E-state index contributed by atoms with van der Waals surface area (Å²) in [6, 6.07) is 12.8. The molecule has 0 aliphatic carbocycles. The highest BCUT2D eigenvalue weighted by Crippen LogP contribution is 2.30. The number of aryl methyl sites for hydroxylation is 2. The Labute approximate surface area is 129 Å². The molecule has 0 saturated heterocycles. The maximum atomic E-state index is 5.28. The second-order valence-corrected chi connectivity index (χ2v) is 5.86. The van der Waals surface area contributed by atoms with Crippen LogP contribution in [-0.2, 0) is 0 Å². The van der Waals surface area contributed by atoms with E-state index in [2.05, 4.69) is 65.4 Å². The van der Waals surface area contributed by atoms with Crippen LogP contribution in [0.4, 0.5) is 0 Å². The third-order valence-corrected chi connectivity index (χ3v) is 4.11. The SMILES string of the molecule is CNC(c1ccc(Br)cc1C)c1ccc(OC)cc1C. The molecule has 3 heteroatoms. The molecule has 1 unspecified atom stereocenters. The topological polar surface area (TPSA) is 21.3 Å². The smallest absolute Gasteiger partial charge is 0.119 e. The van der Waals surface area contributed by atoms with Gasteiger partial charge in [-0.25, -0.2) is 0 Å². The summed E-state index contributed by atoms with van der Waals surface area (Å²) in [4.78, 5) is 0. The molecule has 0 aliphatic heterocycles. The lowest BCUT2D eigenvalue weighted by atomic mass is 9.92. The third kappa shape index (κ3) is 3.05. The first-order valence-corrected chi connectivity index (χ1v) is 7.44. The highest BCUT2D eigenvalue weighted by Gasteiger charge is 2.16. The zero-order valence-electron chi connectivity index (χ0n) is 12.3. The highest BCUT2D eigenvalue weighted by atomic mass is 79.9. The van der Waals surface area contributed by atoms with E-state index >= 15 is 0 Å². The fourth-order valence-electron chi connectivity index (χ4n) is 2.54. The molecule has 0 saturated carbocycles. The summed E-state index contributed by atoms with van der Waals surface area (Å²) in [5.74, 6) is 0.897. The van der Waals surface area contributed by atoms with Crippen molar-refractivity contribution in [2.24, 2.45) is 0 Å². The van der Waals surface area contributed by atoms with Gasteiger partial charge in [-0.15, -0.1) is 0 Å². The Morgan fingerprint density at radius 2 is 1.60 bits per heavy atom. The van der Waals surface area contributed by atoms with Gasteiger partial charge >= 0.3 is 0 Å². The maximum absolute atomic E-state index is 5.28. The monoisotopic (exact) mass is 333 g/mol. The normalized spacial score (nSPS) is 12.2. The molecule has 0 fully saturated rings. The summed E-state index contributed by atoms with van der Waals surface area (Å²) in [6.07, 6.45) is 0. The lowest BCUT2D eigenvalue weighted by Crippen LogP contribution is -2.19. The van der Waals surface area contributed by atoms with Crippen LogP contribution in [0, 0.1) is 13.8 Å². The molecule has 1 N–H and O–H groups in total. The van der Waals surface area contributed by atoms with E-state index in [4.69, 9.17) is 4.74 Å². The van der Waals surface area contributed by atoms with E-state index in [1.54, 1.807) is 7.11 Å². The summed E-state index contributed by atoms with van der Waals surface area (Å²) in [5, 5.41) is 3.42. The van der Waals surface area contributed by atoms with Crippen molar-refractivity contribution in [3.63, 3.8) is 0 Å². The molecule has 2 aromatic rings. The Balaban J connectivity index is 2.47. The Kier molecular flexibility index (Phi) is 4.84. The largest absolute Gasteiger partial charge is 0.497 e. The van der Waals surface area contributed by atoms with Crippen LogP contribution in [0.1, 0.15) is 28.3 Å². The molecule has 0 radical (unpaired) electrons. The number of rotatable bonds is 4. The van der Waals surface area contributed by atoms with Gasteiger partial charge in [0.05, 0.1) is 13.2 Å². The first-order chi connectivity index (χ1) is 9.56. The zero-order valence-corrected chi connectivity index (χ0v) is 13.9. The molecule has 0 amide bonds. The number of benzene rings is 2. The fourth-order valence-corrected chi connectivity index (χ4v) is 3.02. The Bertz CT molecular complexity index is 610. The Hall–Kier alpha value is -1.32. The van der Waals surface area contributed by atoms with Crippen LogP contribution in [0.15, 0.2) is 40.9 Å². The third-order valence-electron chi connectivity index (χ3n) is 3.62. The van der Waals surface area contributed by atoms with Crippen LogP contribution in [0.25, 0.3) is 0 Å². The van der Waals surface area contributed by atoms with Crippen LogP contribution >= 0.6 is 15.9 Å². The predicted octanol–water partition coefficient (Wildman–Crippen LogP) is 4.38. The van der Waals surface area contributed by atoms with Gasteiger partial charge in [0, 0.05) is 4.47 Å². The standard InChI is InChI=1S/C17H20BrNO/c1-11-9-13(18)5-7-15(11)17(19-3)16-8-6-14(20-4)10-12(16)2/h5-10,17,19H,1-4H3. The molecule has 0 spiro atoms. The molecule has 20 heavy (non-hydrogen) atoms. The van der Waals surface area contributed by atoms with E-state index in [1.165, 1.54) is 22.3 Å². The number of hydrogen-bond acceptors (Lipinski definition) is 2. The summed E-state index contributed by atoms with van der Waals surface area (Å²) in [5.41, 5.74) is 5.07. The second-order valence-electron chi connectivity index (χ2n) is 4.95. The van der Waals surface area contributed by atoms with E-state index in [0.29, 0.717) is 0 Å². The number of hydrogen-bond donors (Lipinski definition) is 1. The minimum atomic E-state index is 0.189. The maximum Gasteiger partial charge on any atom is 0.119 e. The molecule has 1 atom stereocenters. The lowest BCUT2D eigenvalue weighted by Gasteiger charge is -2.22. The van der Waals surface area contributed by atoms with E-state index in [1.807, 2.05) is 13.1 Å². The van der Waals surface area contributed by atoms with Crippen LogP contribution in [0.5, 0.6) is 5.75 Å². The first kappa shape index (κ1) is 15.1. The van der Waals surface area contributed by atoms with Crippen molar-refractivity contribution in [1.82, 2.24) is 5.32 Å². The quantitative estimate of drug-likeness (QED) is 0.896. The summed E-state index contributed by atoms with van der Waals surface area (Å²) >= 11 is 3.52. The lowest BCUT2D eigenvalue weighted by molar-refractivity contribution is 0.414. The predicted molar refractivity (Wildman–Crippen MR) is 87.5 cm³/mol. The molecule has 2 nitrogen and oxygen atoms in total. The van der Waals surface area contributed by atoms with Gasteiger partial charge in [0.1, 0.15) is 5.75 Å². The van der Waals surface area contributed by atoms with Gasteiger partial charge in [-0.05, 0) is 67.4 Å².